The number of rotatable bonds is 5. The van der Waals surface area contributed by atoms with Gasteiger partial charge in [-0.25, -0.2) is 0 Å². The fraction of sp³-hybridized carbons (Fsp3) is 1.00. The van der Waals surface area contributed by atoms with Gasteiger partial charge in [-0.2, -0.15) is 0 Å². The number of likely N-dealkylation sites (N-methyl/N-ethyl adjacent to an activating group) is 3. The van der Waals surface area contributed by atoms with E-state index in [1.165, 1.54) is 19.3 Å². The summed E-state index contributed by atoms with van der Waals surface area (Å²) in [7, 11) is 8.73. The van der Waals surface area contributed by atoms with Crippen LogP contribution in [0.1, 0.15) is 40.0 Å². The first-order valence-electron chi connectivity index (χ1n) is 7.78. The summed E-state index contributed by atoms with van der Waals surface area (Å²) in [6, 6.07) is 1.34. The maximum atomic E-state index is 3.54. The van der Waals surface area contributed by atoms with Crippen molar-refractivity contribution in [1.29, 1.82) is 0 Å². The predicted molar refractivity (Wildman–Crippen MR) is 84.6 cm³/mol. The molecule has 1 saturated carbocycles. The Balaban J connectivity index is 2.64. The van der Waals surface area contributed by atoms with Crippen LogP contribution in [-0.4, -0.2) is 63.2 Å². The summed E-state index contributed by atoms with van der Waals surface area (Å²) in [5, 5.41) is 3.54. The zero-order valence-corrected chi connectivity index (χ0v) is 14.2. The normalized spacial score (nSPS) is 29.2. The molecule has 1 N–H and O–H groups in total. The highest BCUT2D eigenvalue weighted by molar-refractivity contribution is 4.93. The second-order valence-electron chi connectivity index (χ2n) is 7.62. The lowest BCUT2D eigenvalue weighted by atomic mass is 9.69. The minimum absolute atomic E-state index is 0.444. The maximum absolute atomic E-state index is 3.54. The first kappa shape index (κ1) is 16.9. The molecule has 0 aromatic heterocycles. The van der Waals surface area contributed by atoms with Crippen LogP contribution in [0.15, 0.2) is 0 Å². The van der Waals surface area contributed by atoms with Crippen molar-refractivity contribution in [1.82, 2.24) is 15.1 Å². The third kappa shape index (κ3) is 5.05. The van der Waals surface area contributed by atoms with Gasteiger partial charge in [0.05, 0.1) is 0 Å². The van der Waals surface area contributed by atoms with Gasteiger partial charge in [-0.05, 0) is 58.8 Å². The molecule has 0 amide bonds. The van der Waals surface area contributed by atoms with Gasteiger partial charge in [0.2, 0.25) is 0 Å². The van der Waals surface area contributed by atoms with Gasteiger partial charge in [-0.3, -0.25) is 0 Å². The van der Waals surface area contributed by atoms with E-state index in [9.17, 15) is 0 Å². The van der Waals surface area contributed by atoms with Crippen LogP contribution in [0.5, 0.6) is 0 Å². The molecule has 3 nitrogen and oxygen atoms in total. The lowest BCUT2D eigenvalue weighted by molar-refractivity contribution is 0.0715. The molecule has 0 radical (unpaired) electrons. The number of nitrogens with one attached hydrogen (secondary N) is 1. The van der Waals surface area contributed by atoms with E-state index in [2.05, 4.69) is 64.1 Å². The monoisotopic (exact) mass is 269 g/mol. The Morgan fingerprint density at radius 2 is 1.68 bits per heavy atom. The highest BCUT2D eigenvalue weighted by atomic mass is 15.2. The molecule has 114 valence electrons. The van der Waals surface area contributed by atoms with E-state index in [0.29, 0.717) is 17.5 Å². The second kappa shape index (κ2) is 7.05. The Bertz CT molecular complexity index is 257. The summed E-state index contributed by atoms with van der Waals surface area (Å²) in [6.45, 7) is 9.49. The van der Waals surface area contributed by atoms with Gasteiger partial charge in [0.1, 0.15) is 0 Å². The molecule has 0 bridgehead atoms. The van der Waals surface area contributed by atoms with E-state index in [0.717, 1.165) is 19.0 Å². The molecule has 0 spiro atoms. The highest BCUT2D eigenvalue weighted by Crippen LogP contribution is 2.39. The van der Waals surface area contributed by atoms with Gasteiger partial charge in [0.15, 0.2) is 0 Å². The molecule has 3 unspecified atom stereocenters. The Kier molecular flexibility index (Phi) is 6.28. The Labute approximate surface area is 120 Å². The number of nitrogens with zero attached hydrogens (tertiary/aromatic N) is 2. The van der Waals surface area contributed by atoms with Crippen molar-refractivity contribution in [2.24, 2.45) is 11.3 Å². The van der Waals surface area contributed by atoms with Gasteiger partial charge >= 0.3 is 0 Å². The lowest BCUT2D eigenvalue weighted by Gasteiger charge is -2.45. The molecule has 1 aliphatic rings. The SMILES string of the molecule is CNC1CCC(C(C)(C)C)CC1N(C)CCN(C)C. The Morgan fingerprint density at radius 1 is 1.05 bits per heavy atom. The van der Waals surface area contributed by atoms with Gasteiger partial charge in [-0.1, -0.05) is 20.8 Å². The Hall–Kier alpha value is -0.120. The van der Waals surface area contributed by atoms with Gasteiger partial charge in [-0.15, -0.1) is 0 Å². The maximum Gasteiger partial charge on any atom is 0.0249 e. The summed E-state index contributed by atoms with van der Waals surface area (Å²) >= 11 is 0. The summed E-state index contributed by atoms with van der Waals surface area (Å²) in [4.78, 5) is 4.84. The van der Waals surface area contributed by atoms with Gasteiger partial charge in [0.25, 0.3) is 0 Å². The molecular formula is C16H35N3. The van der Waals surface area contributed by atoms with Crippen molar-refractivity contribution in [3.05, 3.63) is 0 Å². The largest absolute Gasteiger partial charge is 0.315 e. The first-order valence-corrected chi connectivity index (χ1v) is 7.78. The molecule has 0 heterocycles. The van der Waals surface area contributed by atoms with Crippen LogP contribution in [-0.2, 0) is 0 Å². The van der Waals surface area contributed by atoms with E-state index in [1.807, 2.05) is 0 Å². The summed E-state index contributed by atoms with van der Waals surface area (Å²) in [5.74, 6) is 0.851. The zero-order chi connectivity index (χ0) is 14.6. The summed E-state index contributed by atoms with van der Waals surface area (Å²) in [5.41, 5.74) is 0.444. The molecule has 1 rings (SSSR count). The van der Waals surface area contributed by atoms with Crippen LogP contribution < -0.4 is 5.32 Å². The molecule has 19 heavy (non-hydrogen) atoms. The molecule has 1 fully saturated rings. The molecule has 0 aliphatic heterocycles. The molecule has 1 aliphatic carbocycles. The van der Waals surface area contributed by atoms with Crippen molar-refractivity contribution in [3.8, 4) is 0 Å². The lowest BCUT2D eigenvalue weighted by Crippen LogP contribution is -2.53. The minimum atomic E-state index is 0.444. The summed E-state index contributed by atoms with van der Waals surface area (Å²) < 4.78 is 0. The van der Waals surface area contributed by atoms with Crippen molar-refractivity contribution >= 4 is 0 Å². The van der Waals surface area contributed by atoms with Crippen LogP contribution in [0.4, 0.5) is 0 Å². The third-order valence-electron chi connectivity index (χ3n) is 4.88. The summed E-state index contributed by atoms with van der Waals surface area (Å²) in [6.07, 6.45) is 4.02. The fourth-order valence-corrected chi connectivity index (χ4v) is 3.28. The average molecular weight is 269 g/mol. The quantitative estimate of drug-likeness (QED) is 0.826. The van der Waals surface area contributed by atoms with Crippen LogP contribution in [0.2, 0.25) is 0 Å². The van der Waals surface area contributed by atoms with Crippen molar-refractivity contribution in [3.63, 3.8) is 0 Å². The standard InChI is InChI=1S/C16H35N3/c1-16(2,3)13-8-9-14(17-4)15(12-13)19(7)11-10-18(5)6/h13-15,17H,8-12H2,1-7H3. The topological polar surface area (TPSA) is 18.5 Å². The molecule has 0 aromatic carbocycles. The highest BCUT2D eigenvalue weighted by Gasteiger charge is 2.36. The zero-order valence-electron chi connectivity index (χ0n) is 14.2. The van der Waals surface area contributed by atoms with Crippen molar-refractivity contribution < 1.29 is 0 Å². The van der Waals surface area contributed by atoms with Crippen LogP contribution in [0, 0.1) is 11.3 Å². The molecule has 3 heteroatoms. The third-order valence-corrected chi connectivity index (χ3v) is 4.88. The van der Waals surface area contributed by atoms with Crippen LogP contribution in [0.3, 0.4) is 0 Å². The van der Waals surface area contributed by atoms with Gasteiger partial charge < -0.3 is 15.1 Å². The first-order chi connectivity index (χ1) is 8.75. The predicted octanol–water partition coefficient (Wildman–Crippen LogP) is 2.28. The molecule has 0 aromatic rings. The average Bonchev–Trinajstić information content (AvgIpc) is 2.33. The van der Waals surface area contributed by atoms with Crippen LogP contribution >= 0.6 is 0 Å². The number of hydrogen-bond donors (Lipinski definition) is 1. The minimum Gasteiger partial charge on any atom is -0.315 e. The van der Waals surface area contributed by atoms with Crippen LogP contribution in [0.25, 0.3) is 0 Å². The van der Waals surface area contributed by atoms with E-state index in [4.69, 9.17) is 0 Å². The Morgan fingerprint density at radius 3 is 2.16 bits per heavy atom. The fourth-order valence-electron chi connectivity index (χ4n) is 3.28. The molecular weight excluding hydrogens is 234 g/mol. The second-order valence-corrected chi connectivity index (χ2v) is 7.62. The van der Waals surface area contributed by atoms with E-state index >= 15 is 0 Å². The van der Waals surface area contributed by atoms with Crippen molar-refractivity contribution in [2.45, 2.75) is 52.1 Å². The molecule has 0 saturated heterocycles. The van der Waals surface area contributed by atoms with E-state index in [1.54, 1.807) is 0 Å². The number of hydrogen-bond acceptors (Lipinski definition) is 3. The van der Waals surface area contributed by atoms with Crippen molar-refractivity contribution in [2.75, 3.05) is 41.3 Å². The van der Waals surface area contributed by atoms with Gasteiger partial charge in [0, 0.05) is 25.2 Å². The smallest absolute Gasteiger partial charge is 0.0249 e. The molecule has 3 atom stereocenters. The van der Waals surface area contributed by atoms with E-state index in [-0.39, 0.29) is 0 Å². The van der Waals surface area contributed by atoms with E-state index < -0.39 is 0 Å².